The minimum Gasteiger partial charge on any atom is -0.444 e. The number of carbonyl (C=O) groups is 1. The maximum atomic E-state index is 11.7. The Labute approximate surface area is 151 Å². The number of ether oxygens (including phenoxy) is 1. The number of anilines is 1. The van der Waals surface area contributed by atoms with E-state index in [1.165, 1.54) is 0 Å². The molecule has 0 heterocycles. The van der Waals surface area contributed by atoms with E-state index in [1.807, 2.05) is 45.0 Å². The van der Waals surface area contributed by atoms with E-state index in [1.54, 1.807) is 12.1 Å². The molecule has 0 saturated carbocycles. The topological polar surface area (TPSA) is 64.3 Å². The molecule has 128 valence electrons. The summed E-state index contributed by atoms with van der Waals surface area (Å²) in [5, 5.41) is 3.64. The van der Waals surface area contributed by atoms with Gasteiger partial charge in [-0.3, -0.25) is 0 Å². The summed E-state index contributed by atoms with van der Waals surface area (Å²) in [6.45, 7) is 5.76. The van der Waals surface area contributed by atoms with Crippen LogP contribution in [0.3, 0.4) is 0 Å². The van der Waals surface area contributed by atoms with Crippen molar-refractivity contribution in [1.82, 2.24) is 5.32 Å². The Hall–Kier alpha value is -1.91. The molecule has 0 spiro atoms. The number of nitrogen functional groups attached to an aromatic ring is 1. The third-order valence-electron chi connectivity index (χ3n) is 3.19. The van der Waals surface area contributed by atoms with Gasteiger partial charge in [0.05, 0.1) is 10.0 Å². The summed E-state index contributed by atoms with van der Waals surface area (Å²) in [5.74, 6) is 0. The number of rotatable bonds is 3. The number of nitrogens with one attached hydrogen (secondary N) is 1. The van der Waals surface area contributed by atoms with Crippen molar-refractivity contribution in [1.29, 1.82) is 0 Å². The van der Waals surface area contributed by atoms with E-state index in [9.17, 15) is 4.79 Å². The molecule has 0 bridgehead atoms. The number of halogens is 2. The van der Waals surface area contributed by atoms with E-state index >= 15 is 0 Å². The molecule has 0 saturated heterocycles. The van der Waals surface area contributed by atoms with Crippen molar-refractivity contribution in [3.8, 4) is 11.1 Å². The molecule has 0 fully saturated rings. The van der Waals surface area contributed by atoms with Crippen molar-refractivity contribution in [3.05, 3.63) is 52.0 Å². The lowest BCUT2D eigenvalue weighted by molar-refractivity contribution is 0.0523. The highest BCUT2D eigenvalue weighted by Crippen LogP contribution is 2.36. The first-order chi connectivity index (χ1) is 11.2. The number of carbonyl (C=O) groups excluding carboxylic acids is 1. The molecule has 6 heteroatoms. The van der Waals surface area contributed by atoms with Crippen molar-refractivity contribution in [2.45, 2.75) is 32.9 Å². The summed E-state index contributed by atoms with van der Waals surface area (Å²) in [5.41, 5.74) is 8.59. The van der Waals surface area contributed by atoms with Gasteiger partial charge in [-0.05, 0) is 38.5 Å². The average molecular weight is 367 g/mol. The van der Waals surface area contributed by atoms with Crippen LogP contribution in [0.1, 0.15) is 26.3 Å². The summed E-state index contributed by atoms with van der Waals surface area (Å²) >= 11 is 12.3. The summed E-state index contributed by atoms with van der Waals surface area (Å²) in [6.07, 6.45) is -0.469. The SMILES string of the molecule is CC(C)(C)OC(=O)NCc1ccc(-c2cccc(Cl)c2Cl)c(N)c1. The molecule has 3 N–H and O–H groups in total. The first kappa shape index (κ1) is 18.4. The van der Waals surface area contributed by atoms with Crippen molar-refractivity contribution < 1.29 is 9.53 Å². The third-order valence-corrected chi connectivity index (χ3v) is 4.01. The maximum absolute atomic E-state index is 11.7. The molecule has 0 atom stereocenters. The van der Waals surface area contributed by atoms with Gasteiger partial charge in [-0.25, -0.2) is 4.79 Å². The monoisotopic (exact) mass is 366 g/mol. The van der Waals surface area contributed by atoms with Crippen LogP contribution in [0, 0.1) is 0 Å². The second-order valence-electron chi connectivity index (χ2n) is 6.38. The van der Waals surface area contributed by atoms with Gasteiger partial charge in [-0.1, -0.05) is 47.5 Å². The summed E-state index contributed by atoms with van der Waals surface area (Å²) in [6, 6.07) is 10.9. The Kier molecular flexibility index (Phi) is 5.62. The van der Waals surface area contributed by atoms with E-state index in [-0.39, 0.29) is 0 Å². The third kappa shape index (κ3) is 4.79. The molecular formula is C18H20Cl2N2O2. The van der Waals surface area contributed by atoms with Gasteiger partial charge in [-0.2, -0.15) is 0 Å². The number of hydrogen-bond donors (Lipinski definition) is 2. The molecule has 0 aliphatic heterocycles. The van der Waals surface area contributed by atoms with Crippen LogP contribution in [0.15, 0.2) is 36.4 Å². The fraction of sp³-hybridized carbons (Fsp3) is 0.278. The molecule has 0 aliphatic rings. The van der Waals surface area contributed by atoms with Gasteiger partial charge in [-0.15, -0.1) is 0 Å². The molecule has 4 nitrogen and oxygen atoms in total. The van der Waals surface area contributed by atoms with Crippen molar-refractivity contribution in [2.24, 2.45) is 0 Å². The zero-order valence-electron chi connectivity index (χ0n) is 13.8. The zero-order valence-corrected chi connectivity index (χ0v) is 15.3. The standard InChI is InChI=1S/C18H20Cl2N2O2/c1-18(2,3)24-17(23)22-10-11-7-8-12(15(21)9-11)13-5-4-6-14(19)16(13)20/h4-9H,10,21H2,1-3H3,(H,22,23). The molecule has 2 aromatic rings. The lowest BCUT2D eigenvalue weighted by Gasteiger charge is -2.19. The quantitative estimate of drug-likeness (QED) is 0.727. The van der Waals surface area contributed by atoms with Crippen LogP contribution in [0.5, 0.6) is 0 Å². The molecule has 0 aromatic heterocycles. The van der Waals surface area contributed by atoms with Gasteiger partial charge >= 0.3 is 6.09 Å². The largest absolute Gasteiger partial charge is 0.444 e. The molecule has 24 heavy (non-hydrogen) atoms. The number of alkyl carbamates (subject to hydrolysis) is 1. The molecule has 0 radical (unpaired) electrons. The summed E-state index contributed by atoms with van der Waals surface area (Å²) in [4.78, 5) is 11.7. The molecular weight excluding hydrogens is 347 g/mol. The normalized spacial score (nSPS) is 11.2. The summed E-state index contributed by atoms with van der Waals surface area (Å²) in [7, 11) is 0. The van der Waals surface area contributed by atoms with Crippen LogP contribution in [-0.2, 0) is 11.3 Å². The van der Waals surface area contributed by atoms with Gasteiger partial charge in [0.1, 0.15) is 5.60 Å². The fourth-order valence-corrected chi connectivity index (χ4v) is 2.57. The highest BCUT2D eigenvalue weighted by atomic mass is 35.5. The Bertz CT molecular complexity index is 755. The molecule has 0 unspecified atom stereocenters. The van der Waals surface area contributed by atoms with Crippen LogP contribution in [0.2, 0.25) is 10.0 Å². The first-order valence-electron chi connectivity index (χ1n) is 7.47. The van der Waals surface area contributed by atoms with Gasteiger partial charge in [0.15, 0.2) is 0 Å². The predicted octanol–water partition coefficient (Wildman–Crippen LogP) is 5.27. The number of benzene rings is 2. The van der Waals surface area contributed by atoms with E-state index in [0.717, 1.165) is 16.7 Å². The molecule has 2 aromatic carbocycles. The lowest BCUT2D eigenvalue weighted by Crippen LogP contribution is -2.32. The smallest absolute Gasteiger partial charge is 0.407 e. The van der Waals surface area contributed by atoms with Gasteiger partial charge in [0, 0.05) is 23.4 Å². The second-order valence-corrected chi connectivity index (χ2v) is 7.16. The van der Waals surface area contributed by atoms with Crippen molar-refractivity contribution >= 4 is 35.0 Å². The zero-order chi connectivity index (χ0) is 17.9. The van der Waals surface area contributed by atoms with Crippen LogP contribution in [0.4, 0.5) is 10.5 Å². The number of hydrogen-bond acceptors (Lipinski definition) is 3. The van der Waals surface area contributed by atoms with Crippen LogP contribution in [-0.4, -0.2) is 11.7 Å². The highest BCUT2D eigenvalue weighted by Gasteiger charge is 2.16. The van der Waals surface area contributed by atoms with Gasteiger partial charge in [0.2, 0.25) is 0 Å². The minimum absolute atomic E-state index is 0.322. The number of nitrogens with two attached hydrogens (primary N) is 1. The second kappa shape index (κ2) is 7.32. The number of amides is 1. The van der Waals surface area contributed by atoms with E-state index < -0.39 is 11.7 Å². The molecule has 1 amide bonds. The Morgan fingerprint density at radius 1 is 1.17 bits per heavy atom. The lowest BCUT2D eigenvalue weighted by atomic mass is 10.0. The van der Waals surface area contributed by atoms with Gasteiger partial charge < -0.3 is 15.8 Å². The minimum atomic E-state index is -0.531. The van der Waals surface area contributed by atoms with Crippen molar-refractivity contribution in [2.75, 3.05) is 5.73 Å². The summed E-state index contributed by atoms with van der Waals surface area (Å²) < 4.78 is 5.20. The fourth-order valence-electron chi connectivity index (χ4n) is 2.17. The maximum Gasteiger partial charge on any atom is 0.407 e. The van der Waals surface area contributed by atoms with Gasteiger partial charge in [0.25, 0.3) is 0 Å². The highest BCUT2D eigenvalue weighted by molar-refractivity contribution is 6.43. The Morgan fingerprint density at radius 2 is 1.88 bits per heavy atom. The Balaban J connectivity index is 2.13. The first-order valence-corrected chi connectivity index (χ1v) is 8.22. The van der Waals surface area contributed by atoms with E-state index in [2.05, 4.69) is 5.32 Å². The van der Waals surface area contributed by atoms with Crippen molar-refractivity contribution in [3.63, 3.8) is 0 Å². The molecule has 0 aliphatic carbocycles. The van der Waals surface area contributed by atoms with Crippen LogP contribution >= 0.6 is 23.2 Å². The van der Waals surface area contributed by atoms with E-state index in [4.69, 9.17) is 33.7 Å². The van der Waals surface area contributed by atoms with E-state index in [0.29, 0.717) is 22.3 Å². The van der Waals surface area contributed by atoms with Crippen LogP contribution < -0.4 is 11.1 Å². The average Bonchev–Trinajstić information content (AvgIpc) is 2.47. The Morgan fingerprint density at radius 3 is 2.50 bits per heavy atom. The predicted molar refractivity (Wildman–Crippen MR) is 99.4 cm³/mol. The van der Waals surface area contributed by atoms with Crippen LogP contribution in [0.25, 0.3) is 11.1 Å². The molecule has 2 rings (SSSR count).